The lowest BCUT2D eigenvalue weighted by molar-refractivity contribution is 0.0754. The van der Waals surface area contributed by atoms with E-state index in [0.717, 1.165) is 25.9 Å². The quantitative estimate of drug-likeness (QED) is 0.354. The molecular formula is C29H28N6O5. The number of Topliss-reactive ketones (excluding diaryl/α,β-unsaturated/α-hetero) is 1. The molecule has 1 aromatic carbocycles. The van der Waals surface area contributed by atoms with Crippen molar-refractivity contribution in [3.8, 4) is 17.2 Å². The number of nitrogens with one attached hydrogen (secondary N) is 1. The van der Waals surface area contributed by atoms with Crippen LogP contribution in [0.5, 0.6) is 11.5 Å². The van der Waals surface area contributed by atoms with Gasteiger partial charge in [-0.05, 0) is 43.2 Å². The molecular weight excluding hydrogens is 512 g/mol. The molecule has 204 valence electrons. The molecule has 2 amide bonds. The Morgan fingerprint density at radius 2 is 1.80 bits per heavy atom. The van der Waals surface area contributed by atoms with Crippen LogP contribution in [-0.2, 0) is 24.3 Å². The van der Waals surface area contributed by atoms with E-state index in [1.165, 1.54) is 6.20 Å². The summed E-state index contributed by atoms with van der Waals surface area (Å²) >= 11 is 0. The third kappa shape index (κ3) is 5.23. The van der Waals surface area contributed by atoms with Crippen LogP contribution >= 0.6 is 0 Å². The van der Waals surface area contributed by atoms with E-state index in [9.17, 15) is 14.4 Å². The number of ether oxygens (including phenoxy) is 2. The first kappa shape index (κ1) is 25.5. The number of ketones is 1. The van der Waals surface area contributed by atoms with Crippen molar-refractivity contribution < 1.29 is 19.1 Å². The second-order valence-electron chi connectivity index (χ2n) is 9.64. The molecule has 0 saturated carbocycles. The fourth-order valence-electron chi connectivity index (χ4n) is 5.01. The van der Waals surface area contributed by atoms with Gasteiger partial charge in [0.05, 0.1) is 43.8 Å². The number of pyridine rings is 2. The summed E-state index contributed by atoms with van der Waals surface area (Å²) in [5, 5.41) is 2.80. The zero-order valence-electron chi connectivity index (χ0n) is 21.8. The normalized spacial score (nSPS) is 14.6. The molecule has 1 fully saturated rings. The van der Waals surface area contributed by atoms with Gasteiger partial charge in [-0.25, -0.2) is 14.5 Å². The standard InChI is InChI=1S/C29H28N6O5/c36-25(27-24-19-39-15-14-34(24)35(28(27)37)21-6-2-1-3-7-21)16-20-8-9-23(18-31-20)40-22-10-11-30-26(17-22)32-29(38)33-12-4-5-13-33/h1-3,6-11,17-18H,4-5,12-16,19H2,(H,30,32,38). The van der Waals surface area contributed by atoms with E-state index < -0.39 is 0 Å². The summed E-state index contributed by atoms with van der Waals surface area (Å²) in [6, 6.07) is 15.8. The molecule has 4 aromatic rings. The number of nitrogens with zero attached hydrogens (tertiary/aromatic N) is 5. The van der Waals surface area contributed by atoms with Gasteiger partial charge in [0.15, 0.2) is 5.78 Å². The number of aromatic nitrogens is 4. The highest BCUT2D eigenvalue weighted by molar-refractivity contribution is 5.98. The van der Waals surface area contributed by atoms with Crippen LogP contribution in [0.4, 0.5) is 10.6 Å². The highest BCUT2D eigenvalue weighted by Gasteiger charge is 2.28. The molecule has 0 bridgehead atoms. The van der Waals surface area contributed by atoms with Crippen LogP contribution < -0.4 is 15.6 Å². The Labute approximate surface area is 230 Å². The van der Waals surface area contributed by atoms with Gasteiger partial charge in [0.2, 0.25) is 0 Å². The molecule has 2 aliphatic rings. The van der Waals surface area contributed by atoms with Crippen LogP contribution in [-0.4, -0.2) is 55.7 Å². The third-order valence-electron chi connectivity index (χ3n) is 6.95. The van der Waals surface area contributed by atoms with Crippen LogP contribution in [0.3, 0.4) is 0 Å². The van der Waals surface area contributed by atoms with Crippen molar-refractivity contribution >= 4 is 17.6 Å². The van der Waals surface area contributed by atoms with Gasteiger partial charge in [-0.1, -0.05) is 18.2 Å². The zero-order valence-corrected chi connectivity index (χ0v) is 21.8. The van der Waals surface area contributed by atoms with E-state index in [-0.39, 0.29) is 36.0 Å². The van der Waals surface area contributed by atoms with Crippen LogP contribution in [0.25, 0.3) is 5.69 Å². The average molecular weight is 541 g/mol. The van der Waals surface area contributed by atoms with Gasteiger partial charge in [-0.15, -0.1) is 0 Å². The maximum Gasteiger partial charge on any atom is 0.323 e. The van der Waals surface area contributed by atoms with E-state index >= 15 is 0 Å². The second kappa shape index (κ2) is 11.1. The minimum absolute atomic E-state index is 0.0384. The van der Waals surface area contributed by atoms with Crippen molar-refractivity contribution in [1.29, 1.82) is 0 Å². The van der Waals surface area contributed by atoms with Crippen LogP contribution in [0.2, 0.25) is 0 Å². The third-order valence-corrected chi connectivity index (χ3v) is 6.95. The summed E-state index contributed by atoms with van der Waals surface area (Å²) in [5.41, 5.74) is 1.56. The van der Waals surface area contributed by atoms with E-state index in [0.29, 0.717) is 47.5 Å². The number of amides is 2. The SMILES string of the molecule is O=C(Cc1ccc(Oc2ccnc(NC(=O)N3CCCC3)c2)cn1)c1c2n(n(-c3ccccc3)c1=O)CCOC2. The minimum atomic E-state index is -0.359. The molecule has 11 heteroatoms. The Kier molecular flexibility index (Phi) is 7.11. The van der Waals surface area contributed by atoms with Crippen molar-refractivity contribution in [2.24, 2.45) is 0 Å². The monoisotopic (exact) mass is 540 g/mol. The Balaban J connectivity index is 1.15. The van der Waals surface area contributed by atoms with Gasteiger partial charge in [0.25, 0.3) is 5.56 Å². The Bertz CT molecular complexity index is 1590. The second-order valence-corrected chi connectivity index (χ2v) is 9.64. The van der Waals surface area contributed by atoms with Gasteiger partial charge < -0.3 is 14.4 Å². The largest absolute Gasteiger partial charge is 0.456 e. The molecule has 1 saturated heterocycles. The Hall–Kier alpha value is -4.77. The molecule has 2 aliphatic heterocycles. The Morgan fingerprint density at radius 3 is 2.58 bits per heavy atom. The van der Waals surface area contributed by atoms with Gasteiger partial charge in [0, 0.05) is 31.0 Å². The summed E-state index contributed by atoms with van der Waals surface area (Å²) in [6.07, 6.45) is 5.05. The van der Waals surface area contributed by atoms with Crippen molar-refractivity contribution in [3.63, 3.8) is 0 Å². The van der Waals surface area contributed by atoms with Crippen molar-refractivity contribution in [2.45, 2.75) is 32.4 Å². The molecule has 3 aromatic heterocycles. The number of carbonyl (C=O) groups excluding carboxylic acids is 2. The van der Waals surface area contributed by atoms with Gasteiger partial charge in [0.1, 0.15) is 22.9 Å². The highest BCUT2D eigenvalue weighted by atomic mass is 16.5. The molecule has 0 radical (unpaired) electrons. The van der Waals surface area contributed by atoms with Gasteiger partial charge in [-0.3, -0.25) is 24.6 Å². The number of carbonyl (C=O) groups is 2. The molecule has 1 N–H and O–H groups in total. The summed E-state index contributed by atoms with van der Waals surface area (Å²) in [7, 11) is 0. The fraction of sp³-hybridized carbons (Fsp3) is 0.276. The maximum absolute atomic E-state index is 13.4. The number of rotatable bonds is 7. The predicted molar refractivity (Wildman–Crippen MR) is 146 cm³/mol. The minimum Gasteiger partial charge on any atom is -0.456 e. The molecule has 0 spiro atoms. The fourth-order valence-corrected chi connectivity index (χ4v) is 5.01. The highest BCUT2D eigenvalue weighted by Crippen LogP contribution is 2.24. The number of para-hydroxylation sites is 1. The van der Waals surface area contributed by atoms with Crippen LogP contribution in [0, 0.1) is 0 Å². The van der Waals surface area contributed by atoms with Crippen molar-refractivity contribution in [3.05, 3.63) is 94.3 Å². The van der Waals surface area contributed by atoms with E-state index in [1.54, 1.807) is 40.0 Å². The molecule has 0 aliphatic carbocycles. The molecule has 0 unspecified atom stereocenters. The molecule has 0 atom stereocenters. The van der Waals surface area contributed by atoms with Crippen molar-refractivity contribution in [2.75, 3.05) is 25.0 Å². The molecule has 11 nitrogen and oxygen atoms in total. The lowest BCUT2D eigenvalue weighted by Gasteiger charge is -2.19. The summed E-state index contributed by atoms with van der Waals surface area (Å²) in [6.45, 7) is 2.63. The van der Waals surface area contributed by atoms with Crippen LogP contribution in [0.1, 0.15) is 34.6 Å². The summed E-state index contributed by atoms with van der Waals surface area (Å²) in [4.78, 5) is 49.4. The number of hydrogen-bond donors (Lipinski definition) is 1. The number of likely N-dealkylation sites (tertiary alicyclic amines) is 1. The maximum atomic E-state index is 13.4. The number of anilines is 1. The first-order valence-electron chi connectivity index (χ1n) is 13.2. The van der Waals surface area contributed by atoms with Crippen molar-refractivity contribution in [1.82, 2.24) is 24.2 Å². The lowest BCUT2D eigenvalue weighted by atomic mass is 10.1. The summed E-state index contributed by atoms with van der Waals surface area (Å²) < 4.78 is 14.8. The van der Waals surface area contributed by atoms with Gasteiger partial charge >= 0.3 is 6.03 Å². The van der Waals surface area contributed by atoms with Crippen LogP contribution in [0.15, 0.2) is 71.8 Å². The number of hydrogen-bond acceptors (Lipinski definition) is 7. The van der Waals surface area contributed by atoms with E-state index in [4.69, 9.17) is 9.47 Å². The first-order valence-corrected chi connectivity index (χ1v) is 13.2. The predicted octanol–water partition coefficient (Wildman–Crippen LogP) is 3.80. The summed E-state index contributed by atoms with van der Waals surface area (Å²) in [5.74, 6) is 1.02. The average Bonchev–Trinajstić information content (AvgIpc) is 3.61. The number of fused-ring (bicyclic) bond motifs is 1. The van der Waals surface area contributed by atoms with Gasteiger partial charge in [-0.2, -0.15) is 0 Å². The molecule has 40 heavy (non-hydrogen) atoms. The number of benzene rings is 1. The molecule has 5 heterocycles. The zero-order chi connectivity index (χ0) is 27.5. The van der Waals surface area contributed by atoms with E-state index in [2.05, 4.69) is 15.3 Å². The van der Waals surface area contributed by atoms with E-state index in [1.807, 2.05) is 35.0 Å². The lowest BCUT2D eigenvalue weighted by Crippen LogP contribution is -2.32. The molecule has 6 rings (SSSR count). The Morgan fingerprint density at radius 1 is 0.975 bits per heavy atom. The first-order chi connectivity index (χ1) is 19.6. The number of urea groups is 1. The topological polar surface area (TPSA) is 121 Å². The smallest absolute Gasteiger partial charge is 0.323 e.